The van der Waals surface area contributed by atoms with Crippen LogP contribution in [0.5, 0.6) is 0 Å². The lowest BCUT2D eigenvalue weighted by Gasteiger charge is -2.31. The van der Waals surface area contributed by atoms with Crippen molar-refractivity contribution >= 4 is 22.8 Å². The monoisotopic (exact) mass is 517 g/mol. The molecule has 0 saturated heterocycles. The lowest BCUT2D eigenvalue weighted by Crippen LogP contribution is -2.44. The van der Waals surface area contributed by atoms with E-state index in [-0.39, 0.29) is 60.4 Å². The molecule has 3 aliphatic rings. The summed E-state index contributed by atoms with van der Waals surface area (Å²) in [6.07, 6.45) is -4.86. The number of nitrogens with one attached hydrogen (secondary N) is 1. The molecule has 4 heterocycles. The average Bonchev–Trinajstić information content (AvgIpc) is 3.21. The molecule has 192 valence electrons. The fraction of sp³-hybridized carbons (Fsp3) is 0.360. The highest BCUT2D eigenvalue weighted by Gasteiger charge is 2.46. The minimum atomic E-state index is -5.10. The maximum Gasteiger partial charge on any atom is 0.471 e. The van der Waals surface area contributed by atoms with Gasteiger partial charge in [0.05, 0.1) is 35.1 Å². The number of alkyl halides is 3. The summed E-state index contributed by atoms with van der Waals surface area (Å²) in [6.45, 7) is 1.15. The van der Waals surface area contributed by atoms with Crippen LogP contribution in [0.4, 0.5) is 17.6 Å². The first-order chi connectivity index (χ1) is 17.4. The first-order valence-corrected chi connectivity index (χ1v) is 11.6. The molecule has 2 atom stereocenters. The normalized spacial score (nSPS) is 21.8. The minimum absolute atomic E-state index is 0.0644. The second kappa shape index (κ2) is 7.60. The number of aromatic nitrogens is 2. The van der Waals surface area contributed by atoms with Gasteiger partial charge in [0, 0.05) is 22.6 Å². The third kappa shape index (κ3) is 3.24. The number of carbonyl (C=O) groups excluding carboxylic acids is 2. The molecular formula is C25H19F4N3O5. The lowest BCUT2D eigenvalue weighted by molar-refractivity contribution is -0.174. The first kappa shape index (κ1) is 23.6. The van der Waals surface area contributed by atoms with Gasteiger partial charge in [-0.1, -0.05) is 6.92 Å². The molecule has 0 unspecified atom stereocenters. The minimum Gasteiger partial charge on any atom is -0.458 e. The van der Waals surface area contributed by atoms with Crippen molar-refractivity contribution in [2.75, 3.05) is 0 Å². The van der Waals surface area contributed by atoms with Crippen molar-refractivity contribution in [3.8, 4) is 11.4 Å². The summed E-state index contributed by atoms with van der Waals surface area (Å²) in [6, 6.07) is 2.85. The van der Waals surface area contributed by atoms with E-state index in [1.807, 2.05) is 0 Å². The maximum absolute atomic E-state index is 14.4. The molecule has 0 fully saturated rings. The first-order valence-electron chi connectivity index (χ1n) is 11.6. The predicted octanol–water partition coefficient (Wildman–Crippen LogP) is 2.88. The largest absolute Gasteiger partial charge is 0.471 e. The van der Waals surface area contributed by atoms with Crippen molar-refractivity contribution in [2.24, 2.45) is 0 Å². The summed E-state index contributed by atoms with van der Waals surface area (Å²) in [7, 11) is 0. The van der Waals surface area contributed by atoms with E-state index in [0.29, 0.717) is 22.1 Å². The van der Waals surface area contributed by atoms with Crippen LogP contribution in [-0.2, 0) is 39.5 Å². The van der Waals surface area contributed by atoms with Gasteiger partial charge >= 0.3 is 18.1 Å². The molecule has 2 aliphatic heterocycles. The van der Waals surface area contributed by atoms with Crippen LogP contribution in [-0.4, -0.2) is 32.7 Å². The molecule has 2 aromatic heterocycles. The molecule has 0 saturated carbocycles. The van der Waals surface area contributed by atoms with Gasteiger partial charge in [-0.25, -0.2) is 14.2 Å². The summed E-state index contributed by atoms with van der Waals surface area (Å²) in [5.74, 6) is -3.58. The van der Waals surface area contributed by atoms with Crippen LogP contribution >= 0.6 is 0 Å². The molecular weight excluding hydrogens is 498 g/mol. The van der Waals surface area contributed by atoms with Crippen LogP contribution in [0.25, 0.3) is 22.3 Å². The van der Waals surface area contributed by atoms with Crippen molar-refractivity contribution in [2.45, 2.75) is 57.2 Å². The fourth-order valence-electron chi connectivity index (χ4n) is 5.71. The number of hydrogen-bond donors (Lipinski definition) is 2. The van der Waals surface area contributed by atoms with Crippen molar-refractivity contribution in [3.05, 3.63) is 62.2 Å². The van der Waals surface area contributed by atoms with Crippen LogP contribution in [0.1, 0.15) is 53.6 Å². The maximum atomic E-state index is 14.4. The van der Waals surface area contributed by atoms with E-state index in [1.54, 1.807) is 6.92 Å². The Hall–Kier alpha value is -3.80. The quantitative estimate of drug-likeness (QED) is 0.313. The number of hydrogen-bond acceptors (Lipinski definition) is 6. The summed E-state index contributed by atoms with van der Waals surface area (Å²) < 4.78 is 60.2. The zero-order valence-corrected chi connectivity index (χ0v) is 19.3. The van der Waals surface area contributed by atoms with Gasteiger partial charge < -0.3 is 19.7 Å². The van der Waals surface area contributed by atoms with E-state index < -0.39 is 41.1 Å². The zero-order chi connectivity index (χ0) is 26.4. The van der Waals surface area contributed by atoms with E-state index >= 15 is 0 Å². The van der Waals surface area contributed by atoms with Gasteiger partial charge in [-0.3, -0.25) is 9.59 Å². The van der Waals surface area contributed by atoms with Crippen LogP contribution in [0, 0.1) is 5.82 Å². The van der Waals surface area contributed by atoms with E-state index in [4.69, 9.17) is 4.74 Å². The Labute approximate surface area is 205 Å². The molecule has 6 rings (SSSR count). The SMILES string of the molecule is CC[C@@]1(O)C(=O)OCc2c1cc1n(c2=O)Cc2c-1nc1cc(F)cc3c1c2[C@@H](NC(=O)C(F)(F)F)CC3. The number of nitrogens with zero attached hydrogens (tertiary/aromatic N) is 2. The Bertz CT molecular complexity index is 1610. The van der Waals surface area contributed by atoms with E-state index in [1.165, 1.54) is 16.7 Å². The number of aryl methyl sites for hydroxylation is 1. The molecule has 1 amide bonds. The average molecular weight is 517 g/mol. The number of carbonyl (C=O) groups is 2. The molecule has 37 heavy (non-hydrogen) atoms. The number of ether oxygens (including phenoxy) is 1. The molecule has 2 N–H and O–H groups in total. The van der Waals surface area contributed by atoms with E-state index in [2.05, 4.69) is 10.3 Å². The number of cyclic esters (lactones) is 1. The molecule has 0 bridgehead atoms. The smallest absolute Gasteiger partial charge is 0.458 e. The van der Waals surface area contributed by atoms with Crippen molar-refractivity contribution < 1.29 is 37.0 Å². The highest BCUT2D eigenvalue weighted by Crippen LogP contribution is 2.45. The van der Waals surface area contributed by atoms with Crippen LogP contribution < -0.4 is 10.9 Å². The van der Waals surface area contributed by atoms with Gasteiger partial charge in [-0.05, 0) is 42.5 Å². The highest BCUT2D eigenvalue weighted by molar-refractivity contribution is 5.93. The fourth-order valence-corrected chi connectivity index (χ4v) is 5.71. The summed E-state index contributed by atoms with van der Waals surface area (Å²) >= 11 is 0. The standard InChI is InChI=1S/C25H19F4N3O5/c1-2-24(36)14-7-17-20-12(8-32(17)21(33)13(14)9-37-23(24)35)19-15(31-22(34)25(27,28)29)4-3-10-5-11(26)6-16(30-20)18(10)19/h5-7,15,36H,2-4,8-9H2,1H3,(H,31,34)/t15-,24-/m0/s1. The van der Waals surface area contributed by atoms with Gasteiger partial charge in [0.2, 0.25) is 0 Å². The van der Waals surface area contributed by atoms with Crippen LogP contribution in [0.15, 0.2) is 23.0 Å². The van der Waals surface area contributed by atoms with E-state index in [9.17, 15) is 37.1 Å². The molecule has 12 heteroatoms. The molecule has 1 aromatic carbocycles. The van der Waals surface area contributed by atoms with E-state index in [0.717, 1.165) is 6.07 Å². The molecule has 1 aliphatic carbocycles. The van der Waals surface area contributed by atoms with Crippen molar-refractivity contribution in [1.82, 2.24) is 14.9 Å². The Morgan fingerprint density at radius 2 is 2.03 bits per heavy atom. The summed E-state index contributed by atoms with van der Waals surface area (Å²) in [5.41, 5.74) is -0.520. The number of benzene rings is 1. The lowest BCUT2D eigenvalue weighted by atomic mass is 9.83. The third-order valence-corrected chi connectivity index (χ3v) is 7.49. The number of rotatable bonds is 2. The molecule has 3 aromatic rings. The number of esters is 1. The number of fused-ring (bicyclic) bond motifs is 5. The number of pyridine rings is 2. The Morgan fingerprint density at radius 1 is 1.27 bits per heavy atom. The summed E-state index contributed by atoms with van der Waals surface area (Å²) in [4.78, 5) is 42.3. The number of aliphatic hydroxyl groups is 1. The second-order valence-electron chi connectivity index (χ2n) is 9.48. The zero-order valence-electron chi connectivity index (χ0n) is 19.3. The molecule has 0 spiro atoms. The van der Waals surface area contributed by atoms with Gasteiger partial charge in [0.25, 0.3) is 5.56 Å². The van der Waals surface area contributed by atoms with Gasteiger partial charge in [0.15, 0.2) is 5.60 Å². The summed E-state index contributed by atoms with van der Waals surface area (Å²) in [5, 5.41) is 13.5. The predicted molar refractivity (Wildman–Crippen MR) is 120 cm³/mol. The van der Waals surface area contributed by atoms with Crippen molar-refractivity contribution in [3.63, 3.8) is 0 Å². The second-order valence-corrected chi connectivity index (χ2v) is 9.48. The number of amides is 1. The van der Waals surface area contributed by atoms with Gasteiger partial charge in [-0.15, -0.1) is 0 Å². The highest BCUT2D eigenvalue weighted by atomic mass is 19.4. The van der Waals surface area contributed by atoms with Crippen molar-refractivity contribution in [1.29, 1.82) is 0 Å². The third-order valence-electron chi connectivity index (χ3n) is 7.49. The molecule has 8 nitrogen and oxygen atoms in total. The van der Waals surface area contributed by atoms with Gasteiger partial charge in [0.1, 0.15) is 12.4 Å². The molecule has 0 radical (unpaired) electrons. The Balaban J connectivity index is 1.62. The number of halogens is 4. The van der Waals surface area contributed by atoms with Gasteiger partial charge in [-0.2, -0.15) is 13.2 Å². The topological polar surface area (TPSA) is 111 Å². The Kier molecular flexibility index (Phi) is 4.85. The van der Waals surface area contributed by atoms with Crippen LogP contribution in [0.3, 0.4) is 0 Å². The van der Waals surface area contributed by atoms with Crippen LogP contribution in [0.2, 0.25) is 0 Å². The Morgan fingerprint density at radius 3 is 2.73 bits per heavy atom.